The van der Waals surface area contributed by atoms with Crippen molar-refractivity contribution in [3.05, 3.63) is 63.8 Å². The number of likely N-dealkylation sites (N-methyl/N-ethyl adjacent to an activating group) is 1. The Balaban J connectivity index is 1.69. The van der Waals surface area contributed by atoms with Gasteiger partial charge in [0.2, 0.25) is 0 Å². The van der Waals surface area contributed by atoms with E-state index in [0.29, 0.717) is 11.6 Å². The number of fused-ring (bicyclic) bond motifs is 1. The zero-order chi connectivity index (χ0) is 19.0. The number of hydrogen-bond donors (Lipinski definition) is 2. The summed E-state index contributed by atoms with van der Waals surface area (Å²) in [6.45, 7) is 2.12. The number of nitrogens with zero attached hydrogens (tertiary/aromatic N) is 3. The van der Waals surface area contributed by atoms with Crippen LogP contribution in [0.1, 0.15) is 23.5 Å². The van der Waals surface area contributed by atoms with E-state index in [0.717, 1.165) is 36.1 Å². The summed E-state index contributed by atoms with van der Waals surface area (Å²) >= 11 is 0. The number of hydrogen-bond acceptors (Lipinski definition) is 5. The van der Waals surface area contributed by atoms with Gasteiger partial charge in [0.1, 0.15) is 5.69 Å². The molecule has 0 spiro atoms. The van der Waals surface area contributed by atoms with Gasteiger partial charge in [0.25, 0.3) is 5.69 Å². The fraction of sp³-hybridized carbons (Fsp3) is 0.250. The molecule has 2 heterocycles. The maximum Gasteiger partial charge on any atom is 0.293 e. The first-order valence-corrected chi connectivity index (χ1v) is 8.80. The third-order valence-electron chi connectivity index (χ3n) is 5.15. The molecule has 1 saturated heterocycles. The van der Waals surface area contributed by atoms with Crippen LogP contribution in [-0.2, 0) is 0 Å². The predicted molar refractivity (Wildman–Crippen MR) is 104 cm³/mol. The smallest absolute Gasteiger partial charge is 0.293 e. The molecule has 1 aliphatic heterocycles. The molecule has 2 N–H and O–H groups in total. The second kappa shape index (κ2) is 6.74. The number of aromatic nitrogens is 1. The highest BCUT2D eigenvalue weighted by Gasteiger charge is 2.23. The Bertz CT molecular complexity index is 1070. The van der Waals surface area contributed by atoms with Crippen LogP contribution < -0.4 is 5.32 Å². The van der Waals surface area contributed by atoms with Gasteiger partial charge in [0.15, 0.2) is 0 Å². The second-order valence-corrected chi connectivity index (χ2v) is 6.98. The molecule has 0 amide bonds. The number of nitriles is 1. The molecule has 0 radical (unpaired) electrons. The lowest BCUT2D eigenvalue weighted by Gasteiger charge is -2.11. The maximum atomic E-state index is 11.4. The molecule has 1 fully saturated rings. The van der Waals surface area contributed by atoms with E-state index in [9.17, 15) is 10.1 Å². The maximum absolute atomic E-state index is 11.4. The first-order valence-electron chi connectivity index (χ1n) is 8.80. The summed E-state index contributed by atoms with van der Waals surface area (Å²) in [4.78, 5) is 16.5. The summed E-state index contributed by atoms with van der Waals surface area (Å²) in [5.74, 6) is 0.489. The van der Waals surface area contributed by atoms with Crippen LogP contribution in [0.15, 0.2) is 42.6 Å². The molecule has 1 aromatic heterocycles. The number of aromatic amines is 1. The van der Waals surface area contributed by atoms with E-state index in [4.69, 9.17) is 5.26 Å². The summed E-state index contributed by atoms with van der Waals surface area (Å²) in [5, 5.41) is 24.6. The van der Waals surface area contributed by atoms with E-state index in [2.05, 4.69) is 28.4 Å². The van der Waals surface area contributed by atoms with Crippen molar-refractivity contribution in [2.24, 2.45) is 0 Å². The molecule has 1 aliphatic rings. The van der Waals surface area contributed by atoms with Crippen molar-refractivity contribution in [1.82, 2.24) is 9.88 Å². The Labute approximate surface area is 156 Å². The predicted octanol–water partition coefficient (Wildman–Crippen LogP) is 4.11. The summed E-state index contributed by atoms with van der Waals surface area (Å²) in [5.41, 5.74) is 3.65. The number of rotatable bonds is 4. The van der Waals surface area contributed by atoms with Gasteiger partial charge < -0.3 is 15.2 Å². The van der Waals surface area contributed by atoms with Crippen LogP contribution in [0, 0.1) is 21.4 Å². The first kappa shape index (κ1) is 17.1. The first-order chi connectivity index (χ1) is 13.0. The summed E-state index contributed by atoms with van der Waals surface area (Å²) < 4.78 is 0. The van der Waals surface area contributed by atoms with E-state index in [1.165, 1.54) is 11.6 Å². The van der Waals surface area contributed by atoms with Crippen molar-refractivity contribution in [3.63, 3.8) is 0 Å². The molecule has 27 heavy (non-hydrogen) atoms. The average molecular weight is 361 g/mol. The van der Waals surface area contributed by atoms with Gasteiger partial charge in [-0.1, -0.05) is 0 Å². The normalized spacial score (nSPS) is 17.1. The molecular formula is C20H19N5O2. The fourth-order valence-electron chi connectivity index (χ4n) is 3.76. The SMILES string of the molecule is CN1CCC(c2c[nH]c3ccc(Nc4ccc(C#N)cc4[N+](=O)[O-])cc23)C1. The lowest BCUT2D eigenvalue weighted by atomic mass is 9.97. The van der Waals surface area contributed by atoms with Gasteiger partial charge in [0, 0.05) is 35.4 Å². The van der Waals surface area contributed by atoms with Gasteiger partial charge >= 0.3 is 0 Å². The van der Waals surface area contributed by atoms with Gasteiger partial charge in [-0.05, 0) is 61.8 Å². The number of benzene rings is 2. The van der Waals surface area contributed by atoms with Crippen molar-refractivity contribution in [2.45, 2.75) is 12.3 Å². The van der Waals surface area contributed by atoms with Gasteiger partial charge in [-0.2, -0.15) is 5.26 Å². The Morgan fingerprint density at radius 3 is 2.89 bits per heavy atom. The van der Waals surface area contributed by atoms with Crippen molar-refractivity contribution in [3.8, 4) is 6.07 Å². The Hall–Kier alpha value is -3.37. The summed E-state index contributed by atoms with van der Waals surface area (Å²) in [7, 11) is 2.13. The van der Waals surface area contributed by atoms with Crippen molar-refractivity contribution in [1.29, 1.82) is 5.26 Å². The lowest BCUT2D eigenvalue weighted by Crippen LogP contribution is -2.13. The Morgan fingerprint density at radius 1 is 1.33 bits per heavy atom. The van der Waals surface area contributed by atoms with Gasteiger partial charge in [0.05, 0.1) is 16.6 Å². The fourth-order valence-corrected chi connectivity index (χ4v) is 3.76. The average Bonchev–Trinajstić information content (AvgIpc) is 3.27. The van der Waals surface area contributed by atoms with Gasteiger partial charge in [-0.3, -0.25) is 10.1 Å². The molecule has 7 heteroatoms. The minimum absolute atomic E-state index is 0.110. The highest BCUT2D eigenvalue weighted by Crippen LogP contribution is 2.35. The Kier molecular flexibility index (Phi) is 4.26. The molecule has 0 aliphatic carbocycles. The molecule has 7 nitrogen and oxygen atoms in total. The molecular weight excluding hydrogens is 342 g/mol. The van der Waals surface area contributed by atoms with E-state index < -0.39 is 4.92 Å². The van der Waals surface area contributed by atoms with E-state index in [1.807, 2.05) is 24.3 Å². The van der Waals surface area contributed by atoms with Crippen molar-refractivity contribution < 1.29 is 4.92 Å². The number of nitro benzene ring substituents is 1. The van der Waals surface area contributed by atoms with Crippen LogP contribution in [0.5, 0.6) is 0 Å². The molecule has 3 aromatic rings. The highest BCUT2D eigenvalue weighted by atomic mass is 16.6. The topological polar surface area (TPSA) is 98.0 Å². The highest BCUT2D eigenvalue weighted by molar-refractivity contribution is 5.88. The minimum atomic E-state index is -0.474. The van der Waals surface area contributed by atoms with E-state index >= 15 is 0 Å². The molecule has 0 saturated carbocycles. The molecule has 1 unspecified atom stereocenters. The zero-order valence-corrected chi connectivity index (χ0v) is 14.9. The third-order valence-corrected chi connectivity index (χ3v) is 5.15. The number of H-pyrrole nitrogens is 1. The quantitative estimate of drug-likeness (QED) is 0.538. The van der Waals surface area contributed by atoms with Crippen LogP contribution in [0.3, 0.4) is 0 Å². The van der Waals surface area contributed by atoms with Gasteiger partial charge in [-0.25, -0.2) is 0 Å². The number of likely N-dealkylation sites (tertiary alicyclic amines) is 1. The van der Waals surface area contributed by atoms with Gasteiger partial charge in [-0.15, -0.1) is 0 Å². The molecule has 0 bridgehead atoms. The van der Waals surface area contributed by atoms with Crippen LogP contribution in [0.4, 0.5) is 17.1 Å². The van der Waals surface area contributed by atoms with Crippen molar-refractivity contribution >= 4 is 28.0 Å². The standard InChI is InChI=1S/C20H19N5O2/c1-24-7-6-14(12-24)17-11-22-18-5-3-15(9-16(17)18)23-19-4-2-13(10-21)8-20(19)25(26)27/h2-5,8-9,11,14,22-23H,6-7,12H2,1H3. The summed E-state index contributed by atoms with van der Waals surface area (Å²) in [6, 6.07) is 12.3. The minimum Gasteiger partial charge on any atom is -0.361 e. The summed E-state index contributed by atoms with van der Waals surface area (Å²) in [6.07, 6.45) is 3.20. The second-order valence-electron chi connectivity index (χ2n) is 6.98. The number of anilines is 2. The molecule has 2 aromatic carbocycles. The largest absolute Gasteiger partial charge is 0.361 e. The number of nitrogens with one attached hydrogen (secondary N) is 2. The van der Waals surface area contributed by atoms with Crippen molar-refractivity contribution in [2.75, 3.05) is 25.5 Å². The Morgan fingerprint density at radius 2 is 2.19 bits per heavy atom. The van der Waals surface area contributed by atoms with Crippen LogP contribution >= 0.6 is 0 Å². The lowest BCUT2D eigenvalue weighted by molar-refractivity contribution is -0.383. The third kappa shape index (κ3) is 3.23. The molecule has 136 valence electrons. The van der Waals surface area contributed by atoms with Crippen LogP contribution in [0.2, 0.25) is 0 Å². The van der Waals surface area contributed by atoms with E-state index in [-0.39, 0.29) is 11.3 Å². The monoisotopic (exact) mass is 361 g/mol. The van der Waals surface area contributed by atoms with Crippen LogP contribution in [-0.4, -0.2) is 34.9 Å². The number of nitro groups is 1. The molecule has 4 rings (SSSR count). The molecule has 1 atom stereocenters. The zero-order valence-electron chi connectivity index (χ0n) is 14.9. The van der Waals surface area contributed by atoms with Crippen LogP contribution in [0.25, 0.3) is 10.9 Å². The van der Waals surface area contributed by atoms with E-state index in [1.54, 1.807) is 12.1 Å².